The molecule has 0 saturated carbocycles. The number of aromatic amines is 2. The fourth-order valence-corrected chi connectivity index (χ4v) is 2.78. The molecule has 0 aliphatic heterocycles. The molecule has 3 N–H and O–H groups in total. The van der Waals surface area contributed by atoms with Crippen LogP contribution in [0.5, 0.6) is 0 Å². The minimum Gasteiger partial charge on any atom is -0.307 e. The van der Waals surface area contributed by atoms with Gasteiger partial charge < -0.3 is 15.3 Å². The van der Waals surface area contributed by atoms with Crippen LogP contribution in [-0.2, 0) is 0 Å². The van der Waals surface area contributed by atoms with E-state index in [0.29, 0.717) is 12.1 Å². The van der Waals surface area contributed by atoms with E-state index >= 15 is 0 Å². The van der Waals surface area contributed by atoms with E-state index in [2.05, 4.69) is 48.2 Å². The van der Waals surface area contributed by atoms with Gasteiger partial charge in [-0.15, -0.1) is 0 Å². The summed E-state index contributed by atoms with van der Waals surface area (Å²) in [6.45, 7) is 6.64. The van der Waals surface area contributed by atoms with E-state index in [1.165, 1.54) is 31.2 Å². The van der Waals surface area contributed by atoms with Crippen LogP contribution in [0.15, 0.2) is 23.0 Å². The van der Waals surface area contributed by atoms with Crippen LogP contribution >= 0.6 is 0 Å². The summed E-state index contributed by atoms with van der Waals surface area (Å²) < 4.78 is 0. The average Bonchev–Trinajstić information content (AvgIpc) is 2.78. The first-order valence-corrected chi connectivity index (χ1v) is 7.62. The monoisotopic (exact) mass is 275 g/mol. The third kappa shape index (κ3) is 3.51. The zero-order chi connectivity index (χ0) is 14.5. The van der Waals surface area contributed by atoms with Crippen LogP contribution < -0.4 is 11.0 Å². The quantitative estimate of drug-likeness (QED) is 0.724. The summed E-state index contributed by atoms with van der Waals surface area (Å²) in [7, 11) is 0. The largest absolute Gasteiger partial charge is 0.323 e. The highest BCUT2D eigenvalue weighted by Crippen LogP contribution is 2.19. The zero-order valence-electron chi connectivity index (χ0n) is 12.6. The maximum atomic E-state index is 11.3. The Bertz CT molecular complexity index is 593. The molecule has 1 aromatic heterocycles. The van der Waals surface area contributed by atoms with E-state index in [1.54, 1.807) is 0 Å². The molecular weight excluding hydrogens is 250 g/mol. The summed E-state index contributed by atoms with van der Waals surface area (Å²) in [5, 5.41) is 3.70. The molecule has 0 aliphatic rings. The van der Waals surface area contributed by atoms with Gasteiger partial charge >= 0.3 is 5.69 Å². The SMILES string of the molecule is CCCC(CCC)NC(C)c1ccc2[nH]c(=O)[nH]c2c1. The van der Waals surface area contributed by atoms with Gasteiger partial charge in [0.2, 0.25) is 0 Å². The molecule has 2 rings (SSSR count). The van der Waals surface area contributed by atoms with E-state index in [-0.39, 0.29) is 5.69 Å². The van der Waals surface area contributed by atoms with Crippen LogP contribution in [0.25, 0.3) is 11.0 Å². The van der Waals surface area contributed by atoms with Gasteiger partial charge in [-0.25, -0.2) is 4.79 Å². The molecule has 0 spiro atoms. The lowest BCUT2D eigenvalue weighted by Gasteiger charge is -2.23. The lowest BCUT2D eigenvalue weighted by molar-refractivity contribution is 0.402. The van der Waals surface area contributed by atoms with Crippen molar-refractivity contribution in [3.05, 3.63) is 34.2 Å². The van der Waals surface area contributed by atoms with Crippen LogP contribution in [0.4, 0.5) is 0 Å². The number of fused-ring (bicyclic) bond motifs is 1. The lowest BCUT2D eigenvalue weighted by Crippen LogP contribution is -2.31. The molecule has 1 atom stereocenters. The first-order chi connectivity index (χ1) is 9.63. The fourth-order valence-electron chi connectivity index (χ4n) is 2.78. The molecule has 0 saturated heterocycles. The number of H-pyrrole nitrogens is 2. The molecule has 0 fully saturated rings. The number of imidazole rings is 1. The van der Waals surface area contributed by atoms with Crippen molar-refractivity contribution >= 4 is 11.0 Å². The molecule has 1 unspecified atom stereocenters. The van der Waals surface area contributed by atoms with Crippen molar-refractivity contribution in [3.63, 3.8) is 0 Å². The Balaban J connectivity index is 2.12. The van der Waals surface area contributed by atoms with Gasteiger partial charge in [0.15, 0.2) is 0 Å². The number of hydrogen-bond acceptors (Lipinski definition) is 2. The molecule has 4 heteroatoms. The van der Waals surface area contributed by atoms with Crippen molar-refractivity contribution < 1.29 is 0 Å². The van der Waals surface area contributed by atoms with Crippen molar-refractivity contribution in [2.45, 2.75) is 58.5 Å². The van der Waals surface area contributed by atoms with Crippen LogP contribution in [0.1, 0.15) is 58.1 Å². The summed E-state index contributed by atoms with van der Waals surface area (Å²) in [6.07, 6.45) is 4.83. The number of nitrogens with one attached hydrogen (secondary N) is 3. The van der Waals surface area contributed by atoms with E-state index in [1.807, 2.05) is 6.07 Å². The molecule has 0 aliphatic carbocycles. The van der Waals surface area contributed by atoms with Crippen LogP contribution in [0.3, 0.4) is 0 Å². The normalized spacial score (nSPS) is 13.2. The van der Waals surface area contributed by atoms with E-state index in [4.69, 9.17) is 0 Å². The highest BCUT2D eigenvalue weighted by Gasteiger charge is 2.12. The molecule has 110 valence electrons. The van der Waals surface area contributed by atoms with E-state index < -0.39 is 0 Å². The van der Waals surface area contributed by atoms with Crippen LogP contribution in [0, 0.1) is 0 Å². The van der Waals surface area contributed by atoms with Gasteiger partial charge in [-0.2, -0.15) is 0 Å². The molecule has 20 heavy (non-hydrogen) atoms. The van der Waals surface area contributed by atoms with Gasteiger partial charge in [0.05, 0.1) is 11.0 Å². The third-order valence-electron chi connectivity index (χ3n) is 3.80. The van der Waals surface area contributed by atoms with Crippen LogP contribution in [-0.4, -0.2) is 16.0 Å². The summed E-state index contributed by atoms with van der Waals surface area (Å²) in [5.41, 5.74) is 2.81. The zero-order valence-corrected chi connectivity index (χ0v) is 12.6. The summed E-state index contributed by atoms with van der Waals surface area (Å²) in [5.74, 6) is 0. The first-order valence-electron chi connectivity index (χ1n) is 7.62. The lowest BCUT2D eigenvalue weighted by atomic mass is 10.0. The Morgan fingerprint density at radius 1 is 1.10 bits per heavy atom. The molecule has 0 bridgehead atoms. The molecular formula is C16H25N3O. The minimum atomic E-state index is -0.146. The number of aromatic nitrogens is 2. The second-order valence-corrected chi connectivity index (χ2v) is 5.55. The number of rotatable bonds is 7. The van der Waals surface area contributed by atoms with Gasteiger partial charge in [0.1, 0.15) is 0 Å². The second-order valence-electron chi connectivity index (χ2n) is 5.55. The average molecular weight is 275 g/mol. The molecule has 1 aromatic carbocycles. The predicted octanol–water partition coefficient (Wildman–Crippen LogP) is 3.48. The van der Waals surface area contributed by atoms with Crippen molar-refractivity contribution in [2.75, 3.05) is 0 Å². The molecule has 2 aromatic rings. The topological polar surface area (TPSA) is 60.7 Å². The molecule has 1 heterocycles. The summed E-state index contributed by atoms with van der Waals surface area (Å²) in [4.78, 5) is 16.9. The van der Waals surface area contributed by atoms with E-state index in [9.17, 15) is 4.79 Å². The van der Waals surface area contributed by atoms with Gasteiger partial charge in [0, 0.05) is 12.1 Å². The third-order valence-corrected chi connectivity index (χ3v) is 3.80. The minimum absolute atomic E-state index is 0.146. The second kappa shape index (κ2) is 6.75. The van der Waals surface area contributed by atoms with Gasteiger partial charge in [-0.3, -0.25) is 0 Å². The maximum absolute atomic E-state index is 11.3. The fraction of sp³-hybridized carbons (Fsp3) is 0.562. The molecule has 0 radical (unpaired) electrons. The maximum Gasteiger partial charge on any atom is 0.323 e. The Labute approximate surface area is 120 Å². The van der Waals surface area contributed by atoms with E-state index in [0.717, 1.165) is 11.0 Å². The van der Waals surface area contributed by atoms with Crippen molar-refractivity contribution in [1.29, 1.82) is 0 Å². The summed E-state index contributed by atoms with van der Waals surface area (Å²) in [6, 6.07) is 6.97. The van der Waals surface area contributed by atoms with Gasteiger partial charge in [-0.05, 0) is 37.5 Å². The van der Waals surface area contributed by atoms with Crippen LogP contribution in [0.2, 0.25) is 0 Å². The standard InChI is InChI=1S/C16H25N3O/c1-4-6-13(7-5-2)17-11(3)12-8-9-14-15(10-12)19-16(20)18-14/h8-11,13,17H,4-7H2,1-3H3,(H2,18,19,20). The predicted molar refractivity (Wildman–Crippen MR) is 84.1 cm³/mol. The Morgan fingerprint density at radius 2 is 1.75 bits per heavy atom. The Morgan fingerprint density at radius 3 is 2.40 bits per heavy atom. The van der Waals surface area contributed by atoms with Gasteiger partial charge in [-0.1, -0.05) is 32.8 Å². The number of benzene rings is 1. The Kier molecular flexibility index (Phi) is 5.01. The number of hydrogen-bond donors (Lipinski definition) is 3. The first kappa shape index (κ1) is 14.9. The summed E-state index contributed by atoms with van der Waals surface area (Å²) >= 11 is 0. The molecule has 4 nitrogen and oxygen atoms in total. The van der Waals surface area contributed by atoms with Gasteiger partial charge in [0.25, 0.3) is 0 Å². The Hall–Kier alpha value is -1.55. The smallest absolute Gasteiger partial charge is 0.307 e. The molecule has 0 amide bonds. The van der Waals surface area contributed by atoms with Crippen molar-refractivity contribution in [2.24, 2.45) is 0 Å². The highest BCUT2D eigenvalue weighted by molar-refractivity contribution is 5.75. The van der Waals surface area contributed by atoms with Crippen molar-refractivity contribution in [1.82, 2.24) is 15.3 Å². The highest BCUT2D eigenvalue weighted by atomic mass is 16.1. The van der Waals surface area contributed by atoms with Crippen molar-refractivity contribution in [3.8, 4) is 0 Å².